The highest BCUT2D eigenvalue weighted by atomic mass is 32.2. The Kier molecular flexibility index (Phi) is 5.38. The van der Waals surface area contributed by atoms with Gasteiger partial charge in [0, 0.05) is 12.6 Å². The number of ether oxygens (including phenoxy) is 1. The molecule has 0 atom stereocenters. The summed E-state index contributed by atoms with van der Waals surface area (Å²) in [5.41, 5.74) is 0. The third-order valence-electron chi connectivity index (χ3n) is 3.28. The molecule has 0 N–H and O–H groups in total. The minimum atomic E-state index is -3.14. The van der Waals surface area contributed by atoms with Crippen molar-refractivity contribution in [3.05, 3.63) is 0 Å². The molecule has 0 spiro atoms. The molecular formula is C13H25NO4S. The summed E-state index contributed by atoms with van der Waals surface area (Å²) in [5, 5.41) is 0. The van der Waals surface area contributed by atoms with Gasteiger partial charge >= 0.3 is 5.97 Å². The van der Waals surface area contributed by atoms with E-state index in [9.17, 15) is 13.2 Å². The summed E-state index contributed by atoms with van der Waals surface area (Å²) in [4.78, 5) is 13.4. The second kappa shape index (κ2) is 6.22. The molecule has 1 rings (SSSR count). The van der Waals surface area contributed by atoms with Gasteiger partial charge in [-0.25, -0.2) is 8.42 Å². The maximum atomic E-state index is 12.1. The third-order valence-corrected chi connectivity index (χ3v) is 5.87. The second-order valence-corrected chi connectivity index (χ2v) is 8.80. The SMILES string of the molecule is CCOC(=O)CN(CCS(=O)(=O)C(C)(C)C)C1CC1. The molecule has 6 heteroatoms. The molecule has 0 amide bonds. The molecule has 0 aliphatic heterocycles. The predicted octanol–water partition coefficient (Wildman–Crippen LogP) is 1.23. The van der Waals surface area contributed by atoms with Crippen LogP contribution in [0.25, 0.3) is 0 Å². The summed E-state index contributed by atoms with van der Waals surface area (Å²) in [6, 6.07) is 0.347. The standard InChI is InChI=1S/C13H25NO4S/c1-5-18-12(15)10-14(11-6-7-11)8-9-19(16,17)13(2,3)4/h11H,5-10H2,1-4H3. The molecule has 0 aromatic carbocycles. The Labute approximate surface area is 116 Å². The van der Waals surface area contributed by atoms with Crippen molar-refractivity contribution in [2.75, 3.05) is 25.4 Å². The van der Waals surface area contributed by atoms with Crippen LogP contribution in [0.2, 0.25) is 0 Å². The second-order valence-electron chi connectivity index (χ2n) is 5.94. The molecule has 5 nitrogen and oxygen atoms in total. The molecule has 0 saturated heterocycles. The molecule has 0 radical (unpaired) electrons. The Hall–Kier alpha value is -0.620. The molecule has 19 heavy (non-hydrogen) atoms. The Morgan fingerprint density at radius 3 is 2.32 bits per heavy atom. The molecule has 1 aliphatic rings. The van der Waals surface area contributed by atoms with Crippen molar-refractivity contribution in [2.45, 2.75) is 51.3 Å². The fraction of sp³-hybridized carbons (Fsp3) is 0.923. The number of rotatable bonds is 7. The van der Waals surface area contributed by atoms with Gasteiger partial charge in [0.15, 0.2) is 9.84 Å². The van der Waals surface area contributed by atoms with Gasteiger partial charge in [-0.3, -0.25) is 9.69 Å². The van der Waals surface area contributed by atoms with Gasteiger partial charge in [-0.05, 0) is 40.5 Å². The van der Waals surface area contributed by atoms with Gasteiger partial charge in [0.1, 0.15) is 0 Å². The molecule has 1 saturated carbocycles. The van der Waals surface area contributed by atoms with Crippen molar-refractivity contribution in [3.63, 3.8) is 0 Å². The van der Waals surface area contributed by atoms with Crippen molar-refractivity contribution < 1.29 is 17.9 Å². The minimum Gasteiger partial charge on any atom is -0.465 e. The van der Waals surface area contributed by atoms with Crippen molar-refractivity contribution >= 4 is 15.8 Å². The Bertz CT molecular complexity index is 407. The van der Waals surface area contributed by atoms with Crippen LogP contribution in [0, 0.1) is 0 Å². The van der Waals surface area contributed by atoms with Gasteiger partial charge in [-0.2, -0.15) is 0 Å². The molecule has 0 bridgehead atoms. The summed E-state index contributed by atoms with van der Waals surface area (Å²) in [6.45, 7) is 7.84. The van der Waals surface area contributed by atoms with Crippen LogP contribution < -0.4 is 0 Å². The lowest BCUT2D eigenvalue weighted by atomic mass is 10.3. The fourth-order valence-electron chi connectivity index (χ4n) is 1.75. The fourth-order valence-corrected chi connectivity index (χ4v) is 2.83. The normalized spacial score (nSPS) is 16.7. The monoisotopic (exact) mass is 291 g/mol. The first-order valence-electron chi connectivity index (χ1n) is 6.79. The van der Waals surface area contributed by atoms with E-state index >= 15 is 0 Å². The zero-order valence-electron chi connectivity index (χ0n) is 12.3. The average molecular weight is 291 g/mol. The van der Waals surface area contributed by atoms with Gasteiger partial charge in [0.25, 0.3) is 0 Å². The van der Waals surface area contributed by atoms with Crippen LogP contribution in [0.15, 0.2) is 0 Å². The van der Waals surface area contributed by atoms with Crippen molar-refractivity contribution in [2.24, 2.45) is 0 Å². The van der Waals surface area contributed by atoms with E-state index in [-0.39, 0.29) is 18.3 Å². The predicted molar refractivity (Wildman–Crippen MR) is 74.8 cm³/mol. The van der Waals surface area contributed by atoms with Crippen LogP contribution in [0.1, 0.15) is 40.5 Å². The summed E-state index contributed by atoms with van der Waals surface area (Å²) in [6.07, 6.45) is 2.07. The molecular weight excluding hydrogens is 266 g/mol. The summed E-state index contributed by atoms with van der Waals surface area (Å²) >= 11 is 0. The summed E-state index contributed by atoms with van der Waals surface area (Å²) in [7, 11) is -3.14. The van der Waals surface area contributed by atoms with Gasteiger partial charge in [-0.1, -0.05) is 0 Å². The van der Waals surface area contributed by atoms with Crippen LogP contribution in [0.5, 0.6) is 0 Å². The molecule has 0 heterocycles. The smallest absolute Gasteiger partial charge is 0.320 e. The first-order valence-corrected chi connectivity index (χ1v) is 8.44. The van der Waals surface area contributed by atoms with E-state index in [2.05, 4.69) is 0 Å². The van der Waals surface area contributed by atoms with E-state index in [4.69, 9.17) is 4.74 Å². The first kappa shape index (κ1) is 16.4. The number of carbonyl (C=O) groups is 1. The Morgan fingerprint density at radius 2 is 1.89 bits per heavy atom. The van der Waals surface area contributed by atoms with E-state index in [0.29, 0.717) is 19.2 Å². The molecule has 1 aliphatic carbocycles. The maximum Gasteiger partial charge on any atom is 0.320 e. The number of sulfone groups is 1. The van der Waals surface area contributed by atoms with Crippen LogP contribution in [-0.4, -0.2) is 55.5 Å². The lowest BCUT2D eigenvalue weighted by Crippen LogP contribution is -2.40. The van der Waals surface area contributed by atoms with E-state index in [1.54, 1.807) is 27.7 Å². The number of esters is 1. The van der Waals surface area contributed by atoms with E-state index in [1.165, 1.54) is 0 Å². The number of hydrogen-bond acceptors (Lipinski definition) is 5. The van der Waals surface area contributed by atoms with Crippen molar-refractivity contribution in [1.82, 2.24) is 4.90 Å². The molecule has 112 valence electrons. The summed E-state index contributed by atoms with van der Waals surface area (Å²) < 4.78 is 28.3. The first-order chi connectivity index (χ1) is 8.67. The molecule has 1 fully saturated rings. The Morgan fingerprint density at radius 1 is 1.32 bits per heavy atom. The lowest BCUT2D eigenvalue weighted by molar-refractivity contribution is -0.144. The third kappa shape index (κ3) is 5.10. The summed E-state index contributed by atoms with van der Waals surface area (Å²) in [5.74, 6) is -0.186. The van der Waals surface area contributed by atoms with Crippen LogP contribution in [-0.2, 0) is 19.4 Å². The Balaban J connectivity index is 2.54. The number of nitrogens with zero attached hydrogens (tertiary/aromatic N) is 1. The van der Waals surface area contributed by atoms with Gasteiger partial charge in [0.2, 0.25) is 0 Å². The van der Waals surface area contributed by atoms with Crippen LogP contribution in [0.4, 0.5) is 0 Å². The van der Waals surface area contributed by atoms with Crippen molar-refractivity contribution in [1.29, 1.82) is 0 Å². The zero-order valence-corrected chi connectivity index (χ0v) is 13.1. The van der Waals surface area contributed by atoms with Crippen LogP contribution >= 0.6 is 0 Å². The van der Waals surface area contributed by atoms with Gasteiger partial charge < -0.3 is 4.74 Å². The number of hydrogen-bond donors (Lipinski definition) is 0. The molecule has 0 aromatic rings. The van der Waals surface area contributed by atoms with Crippen molar-refractivity contribution in [3.8, 4) is 0 Å². The van der Waals surface area contributed by atoms with E-state index in [1.807, 2.05) is 4.90 Å². The molecule has 0 aromatic heterocycles. The lowest BCUT2D eigenvalue weighted by Gasteiger charge is -2.24. The highest BCUT2D eigenvalue weighted by molar-refractivity contribution is 7.92. The quantitative estimate of drug-likeness (QED) is 0.660. The van der Waals surface area contributed by atoms with E-state index < -0.39 is 14.6 Å². The van der Waals surface area contributed by atoms with Gasteiger partial charge in [0.05, 0.1) is 23.7 Å². The number of carbonyl (C=O) groups excluding carboxylic acids is 1. The topological polar surface area (TPSA) is 63.7 Å². The highest BCUT2D eigenvalue weighted by Gasteiger charge is 2.34. The zero-order chi connectivity index (χ0) is 14.7. The largest absolute Gasteiger partial charge is 0.465 e. The van der Waals surface area contributed by atoms with Crippen LogP contribution in [0.3, 0.4) is 0 Å². The maximum absolute atomic E-state index is 12.1. The molecule has 0 unspecified atom stereocenters. The van der Waals surface area contributed by atoms with E-state index in [0.717, 1.165) is 12.8 Å². The van der Waals surface area contributed by atoms with Gasteiger partial charge in [-0.15, -0.1) is 0 Å². The highest BCUT2D eigenvalue weighted by Crippen LogP contribution is 2.27. The minimum absolute atomic E-state index is 0.0897. The average Bonchev–Trinajstić information content (AvgIpc) is 3.06.